The van der Waals surface area contributed by atoms with Crippen LogP contribution in [0.2, 0.25) is 0 Å². The third-order valence-electron chi connectivity index (χ3n) is 2.09. The molecule has 0 spiro atoms. The SMILES string of the molecule is N#Cc1c(OC(F)F)ccc(C=O)c1/C=C/C(=O)O. The van der Waals surface area contributed by atoms with Gasteiger partial charge in [0, 0.05) is 17.2 Å². The lowest BCUT2D eigenvalue weighted by atomic mass is 10.0. The fraction of sp³-hybridized carbons (Fsp3) is 0.0833. The van der Waals surface area contributed by atoms with Gasteiger partial charge in [-0.2, -0.15) is 14.0 Å². The van der Waals surface area contributed by atoms with Crippen molar-refractivity contribution in [1.82, 2.24) is 0 Å². The van der Waals surface area contributed by atoms with Gasteiger partial charge in [0.05, 0.1) is 0 Å². The molecule has 0 aliphatic heterocycles. The van der Waals surface area contributed by atoms with Crippen molar-refractivity contribution < 1.29 is 28.2 Å². The first-order chi connectivity index (χ1) is 8.99. The minimum atomic E-state index is -3.13. The Bertz CT molecular complexity index is 576. The molecule has 0 aliphatic carbocycles. The monoisotopic (exact) mass is 267 g/mol. The second-order valence-corrected chi connectivity index (χ2v) is 3.22. The Balaban J connectivity index is 3.42. The van der Waals surface area contributed by atoms with Gasteiger partial charge in [-0.05, 0) is 18.2 Å². The summed E-state index contributed by atoms with van der Waals surface area (Å²) >= 11 is 0. The molecule has 98 valence electrons. The molecule has 0 saturated heterocycles. The maximum atomic E-state index is 12.2. The van der Waals surface area contributed by atoms with Gasteiger partial charge >= 0.3 is 12.6 Å². The molecule has 19 heavy (non-hydrogen) atoms. The van der Waals surface area contributed by atoms with E-state index in [0.29, 0.717) is 12.4 Å². The molecule has 0 saturated carbocycles. The highest BCUT2D eigenvalue weighted by Gasteiger charge is 2.15. The average molecular weight is 267 g/mol. The number of nitrogens with zero attached hydrogens (tertiary/aromatic N) is 1. The third-order valence-corrected chi connectivity index (χ3v) is 2.09. The number of carbonyl (C=O) groups excluding carboxylic acids is 1. The first kappa shape index (κ1) is 14.3. The molecule has 0 fully saturated rings. The number of carbonyl (C=O) groups is 2. The van der Waals surface area contributed by atoms with Crippen LogP contribution in [0.5, 0.6) is 5.75 Å². The number of aldehydes is 1. The number of hydrogen-bond donors (Lipinski definition) is 1. The molecule has 0 atom stereocenters. The first-order valence-corrected chi connectivity index (χ1v) is 4.87. The molecule has 1 aromatic carbocycles. The Morgan fingerprint density at radius 1 is 1.47 bits per heavy atom. The summed E-state index contributed by atoms with van der Waals surface area (Å²) in [6.07, 6.45) is 2.05. The zero-order valence-corrected chi connectivity index (χ0v) is 9.34. The molecular weight excluding hydrogens is 260 g/mol. The summed E-state index contributed by atoms with van der Waals surface area (Å²) < 4.78 is 28.4. The number of carboxylic acid groups (broad SMARTS) is 1. The van der Waals surface area contributed by atoms with Crippen LogP contribution < -0.4 is 4.74 Å². The number of ether oxygens (including phenoxy) is 1. The Labute approximate surface area is 106 Å². The third kappa shape index (κ3) is 3.61. The highest BCUT2D eigenvalue weighted by atomic mass is 19.3. The molecule has 0 amide bonds. The fourth-order valence-electron chi connectivity index (χ4n) is 1.36. The van der Waals surface area contributed by atoms with E-state index in [1.54, 1.807) is 6.07 Å². The molecule has 7 heteroatoms. The van der Waals surface area contributed by atoms with Gasteiger partial charge in [-0.25, -0.2) is 4.79 Å². The van der Waals surface area contributed by atoms with Crippen LogP contribution in [0.25, 0.3) is 6.08 Å². The molecule has 0 aliphatic rings. The van der Waals surface area contributed by atoms with E-state index in [1.165, 1.54) is 0 Å². The lowest BCUT2D eigenvalue weighted by Crippen LogP contribution is -2.05. The summed E-state index contributed by atoms with van der Waals surface area (Å²) in [5.74, 6) is -1.73. The lowest BCUT2D eigenvalue weighted by molar-refractivity contribution is -0.131. The van der Waals surface area contributed by atoms with E-state index in [-0.39, 0.29) is 16.7 Å². The van der Waals surface area contributed by atoms with Gasteiger partial charge in [-0.3, -0.25) is 4.79 Å². The van der Waals surface area contributed by atoms with Crippen LogP contribution in [0, 0.1) is 11.3 Å². The summed E-state index contributed by atoms with van der Waals surface area (Å²) in [4.78, 5) is 21.2. The van der Waals surface area contributed by atoms with Crippen molar-refractivity contribution in [2.75, 3.05) is 0 Å². The number of rotatable bonds is 5. The maximum Gasteiger partial charge on any atom is 0.387 e. The molecule has 0 radical (unpaired) electrons. The van der Waals surface area contributed by atoms with Crippen LogP contribution in [-0.4, -0.2) is 24.0 Å². The molecule has 1 N–H and O–H groups in total. The van der Waals surface area contributed by atoms with Crippen molar-refractivity contribution in [1.29, 1.82) is 5.26 Å². The fourth-order valence-corrected chi connectivity index (χ4v) is 1.36. The van der Waals surface area contributed by atoms with Crippen LogP contribution in [0.3, 0.4) is 0 Å². The Morgan fingerprint density at radius 3 is 2.63 bits per heavy atom. The zero-order valence-electron chi connectivity index (χ0n) is 9.34. The molecule has 1 aromatic rings. The minimum Gasteiger partial charge on any atom is -0.478 e. The summed E-state index contributed by atoms with van der Waals surface area (Å²) in [6, 6.07) is 3.81. The summed E-state index contributed by atoms with van der Waals surface area (Å²) in [5, 5.41) is 17.4. The van der Waals surface area contributed by atoms with E-state index < -0.39 is 18.3 Å². The van der Waals surface area contributed by atoms with E-state index in [0.717, 1.165) is 18.2 Å². The highest BCUT2D eigenvalue weighted by Crippen LogP contribution is 2.27. The molecule has 5 nitrogen and oxygen atoms in total. The number of hydrogen-bond acceptors (Lipinski definition) is 4. The number of benzene rings is 1. The van der Waals surface area contributed by atoms with Crippen molar-refractivity contribution in [2.45, 2.75) is 6.61 Å². The predicted molar refractivity (Wildman–Crippen MR) is 59.8 cm³/mol. The van der Waals surface area contributed by atoms with Crippen molar-refractivity contribution in [3.05, 3.63) is 34.9 Å². The van der Waals surface area contributed by atoms with E-state index in [4.69, 9.17) is 10.4 Å². The van der Waals surface area contributed by atoms with Gasteiger partial charge in [-0.15, -0.1) is 0 Å². The molecule has 0 aromatic heterocycles. The lowest BCUT2D eigenvalue weighted by Gasteiger charge is -2.09. The predicted octanol–water partition coefficient (Wildman–Crippen LogP) is 2.07. The van der Waals surface area contributed by atoms with Crippen LogP contribution in [0.4, 0.5) is 8.78 Å². The summed E-state index contributed by atoms with van der Waals surface area (Å²) in [7, 11) is 0. The van der Waals surface area contributed by atoms with Crippen molar-refractivity contribution in [3.8, 4) is 11.8 Å². The van der Waals surface area contributed by atoms with Gasteiger partial charge in [0.25, 0.3) is 0 Å². The van der Waals surface area contributed by atoms with Gasteiger partial charge in [-0.1, -0.05) is 0 Å². The van der Waals surface area contributed by atoms with Crippen LogP contribution in [0.15, 0.2) is 18.2 Å². The topological polar surface area (TPSA) is 87.4 Å². The normalized spacial score (nSPS) is 10.4. The van der Waals surface area contributed by atoms with E-state index in [9.17, 15) is 18.4 Å². The second kappa shape index (κ2) is 6.26. The Morgan fingerprint density at radius 2 is 2.16 bits per heavy atom. The minimum absolute atomic E-state index is 0.00401. The smallest absolute Gasteiger partial charge is 0.387 e. The number of aliphatic carboxylic acids is 1. The van der Waals surface area contributed by atoms with Gasteiger partial charge in [0.2, 0.25) is 0 Å². The second-order valence-electron chi connectivity index (χ2n) is 3.22. The quantitative estimate of drug-likeness (QED) is 0.651. The van der Waals surface area contributed by atoms with E-state index in [1.807, 2.05) is 0 Å². The summed E-state index contributed by atoms with van der Waals surface area (Å²) in [5.41, 5.74) is -0.420. The Hall–Kier alpha value is -2.75. The Kier molecular flexibility index (Phi) is 4.71. The standard InChI is InChI=1S/C12H7F2NO4/c13-12(14)19-10-3-1-7(6-16)8(9(10)5-15)2-4-11(17)18/h1-4,6,12H,(H,17,18)/b4-2+. The van der Waals surface area contributed by atoms with E-state index >= 15 is 0 Å². The first-order valence-electron chi connectivity index (χ1n) is 4.87. The van der Waals surface area contributed by atoms with Gasteiger partial charge in [0.15, 0.2) is 6.29 Å². The number of nitriles is 1. The van der Waals surface area contributed by atoms with Crippen LogP contribution >= 0.6 is 0 Å². The largest absolute Gasteiger partial charge is 0.478 e. The van der Waals surface area contributed by atoms with E-state index in [2.05, 4.69) is 4.74 Å². The number of halogens is 2. The van der Waals surface area contributed by atoms with Crippen molar-refractivity contribution in [3.63, 3.8) is 0 Å². The van der Waals surface area contributed by atoms with Crippen LogP contribution in [-0.2, 0) is 4.79 Å². The van der Waals surface area contributed by atoms with Gasteiger partial charge in [0.1, 0.15) is 17.4 Å². The zero-order chi connectivity index (χ0) is 14.4. The molecule has 0 bridgehead atoms. The van der Waals surface area contributed by atoms with Crippen LogP contribution in [0.1, 0.15) is 21.5 Å². The van der Waals surface area contributed by atoms with Crippen molar-refractivity contribution in [2.24, 2.45) is 0 Å². The highest BCUT2D eigenvalue weighted by molar-refractivity contribution is 5.91. The number of alkyl halides is 2. The maximum absolute atomic E-state index is 12.2. The van der Waals surface area contributed by atoms with Gasteiger partial charge < -0.3 is 9.84 Å². The molecular formula is C12H7F2NO4. The average Bonchev–Trinajstić information content (AvgIpc) is 2.35. The molecule has 0 heterocycles. The van der Waals surface area contributed by atoms with Crippen molar-refractivity contribution >= 4 is 18.3 Å². The molecule has 0 unspecified atom stereocenters. The number of carboxylic acids is 1. The molecule has 1 rings (SSSR count). The summed E-state index contributed by atoms with van der Waals surface area (Å²) in [6.45, 7) is -3.13.